The highest BCUT2D eigenvalue weighted by Crippen LogP contribution is 2.61. The van der Waals surface area contributed by atoms with E-state index >= 15 is 0 Å². The molecule has 1 aromatic carbocycles. The van der Waals surface area contributed by atoms with Crippen LogP contribution in [0.2, 0.25) is 0 Å². The molecular weight excluding hydrogens is 370 g/mol. The van der Waals surface area contributed by atoms with E-state index in [9.17, 15) is 0 Å². The Labute approximate surface area is 181 Å². The monoisotopic (exact) mass is 403 g/mol. The van der Waals surface area contributed by atoms with Crippen molar-refractivity contribution in [2.45, 2.75) is 64.8 Å². The van der Waals surface area contributed by atoms with E-state index in [-0.39, 0.29) is 0 Å². The zero-order chi connectivity index (χ0) is 20.3. The molecule has 1 atom stereocenters. The van der Waals surface area contributed by atoms with Gasteiger partial charge in [0, 0.05) is 30.0 Å². The normalized spacial score (nSPS) is 36.5. The van der Waals surface area contributed by atoms with E-state index in [0.29, 0.717) is 11.5 Å². The van der Waals surface area contributed by atoms with Gasteiger partial charge in [0.15, 0.2) is 5.90 Å². The van der Waals surface area contributed by atoms with Crippen LogP contribution in [0.15, 0.2) is 35.6 Å². The molecule has 1 aromatic rings. The standard InChI is InChI=1S/C26H33N3O/c1-18-4-3-5-19(2)24(18)29-9-8-28(17-29)7-6-23-16-30-25(27-23)26-13-20-10-21(14-26)12-22(11-20)15-26/h3-5,8-9,20-23H,6-7,10-16H2,1-2H3/t20?,21?,22?,23-,26?/m0/s1. The lowest BCUT2D eigenvalue weighted by Gasteiger charge is -2.56. The number of hydrogen-bond donors (Lipinski definition) is 0. The minimum absolute atomic E-state index is 0.300. The summed E-state index contributed by atoms with van der Waals surface area (Å²) in [6.07, 6.45) is 13.7. The third-order valence-electron chi connectivity index (χ3n) is 8.22. The molecule has 4 fully saturated rings. The molecule has 0 aromatic heterocycles. The predicted molar refractivity (Wildman–Crippen MR) is 120 cm³/mol. The van der Waals surface area contributed by atoms with Crippen LogP contribution in [0, 0.1) is 43.7 Å². The first-order chi connectivity index (χ1) is 14.6. The van der Waals surface area contributed by atoms with Crippen LogP contribution in [0.1, 0.15) is 56.1 Å². The van der Waals surface area contributed by atoms with Gasteiger partial charge in [-0.1, -0.05) is 18.2 Å². The summed E-state index contributed by atoms with van der Waals surface area (Å²) in [7, 11) is 0. The first-order valence-electron chi connectivity index (χ1n) is 11.9. The Kier molecular flexibility index (Phi) is 4.40. The zero-order valence-corrected chi connectivity index (χ0v) is 18.3. The van der Waals surface area contributed by atoms with Crippen molar-refractivity contribution in [3.05, 3.63) is 48.4 Å². The van der Waals surface area contributed by atoms with E-state index < -0.39 is 0 Å². The molecule has 0 spiro atoms. The summed E-state index contributed by atoms with van der Waals surface area (Å²) in [5.41, 5.74) is 4.10. The Bertz CT molecular complexity index is 833. The molecule has 4 aliphatic carbocycles. The Balaban J connectivity index is 1.07. The van der Waals surface area contributed by atoms with Crippen molar-refractivity contribution in [2.75, 3.05) is 18.1 Å². The number of aryl methyl sites for hydroxylation is 2. The molecule has 4 bridgehead atoms. The molecule has 7 rings (SSSR count). The second-order valence-corrected chi connectivity index (χ2v) is 10.6. The van der Waals surface area contributed by atoms with Crippen LogP contribution in [0.5, 0.6) is 0 Å². The highest BCUT2D eigenvalue weighted by atomic mass is 16.5. The zero-order valence-electron chi connectivity index (χ0n) is 18.3. The minimum atomic E-state index is 0.300. The Hall–Kier alpha value is -1.97. The lowest BCUT2D eigenvalue weighted by Crippen LogP contribution is -2.50. The van der Waals surface area contributed by atoms with Crippen molar-refractivity contribution in [1.29, 1.82) is 0 Å². The fourth-order valence-electron chi connectivity index (χ4n) is 7.30. The number of para-hydroxylation sites is 1. The van der Waals surface area contributed by atoms with Crippen molar-refractivity contribution < 1.29 is 4.74 Å². The fraction of sp³-hybridized carbons (Fsp3) is 0.615. The largest absolute Gasteiger partial charge is 0.478 e. The lowest BCUT2D eigenvalue weighted by molar-refractivity contribution is -0.0226. The number of nitrogens with zero attached hydrogens (tertiary/aromatic N) is 3. The molecule has 0 N–H and O–H groups in total. The summed E-state index contributed by atoms with van der Waals surface area (Å²) in [4.78, 5) is 9.44. The van der Waals surface area contributed by atoms with Gasteiger partial charge in [-0.05, 0) is 87.7 Å². The van der Waals surface area contributed by atoms with Gasteiger partial charge >= 0.3 is 0 Å². The van der Waals surface area contributed by atoms with Crippen LogP contribution in [-0.4, -0.2) is 30.0 Å². The smallest absolute Gasteiger partial charge is 0.212 e. The van der Waals surface area contributed by atoms with Gasteiger partial charge in [-0.25, -0.2) is 4.99 Å². The Morgan fingerprint density at radius 2 is 1.70 bits per heavy atom. The highest BCUT2D eigenvalue weighted by Gasteiger charge is 2.55. The van der Waals surface area contributed by atoms with Crippen molar-refractivity contribution in [1.82, 2.24) is 4.90 Å². The molecular formula is C26H33N3O. The molecule has 30 heavy (non-hydrogen) atoms. The average Bonchev–Trinajstić information content (AvgIpc) is 3.35. The molecule has 4 heteroatoms. The van der Waals surface area contributed by atoms with E-state index in [1.54, 1.807) is 0 Å². The van der Waals surface area contributed by atoms with Crippen molar-refractivity contribution in [2.24, 2.45) is 28.2 Å². The molecule has 2 radical (unpaired) electrons. The summed E-state index contributed by atoms with van der Waals surface area (Å²) in [5, 5.41) is 0. The average molecular weight is 404 g/mol. The van der Waals surface area contributed by atoms with Crippen LogP contribution in [0.4, 0.5) is 5.69 Å². The van der Waals surface area contributed by atoms with Gasteiger partial charge in [0.05, 0.1) is 6.04 Å². The molecule has 2 aliphatic heterocycles. The van der Waals surface area contributed by atoms with Gasteiger partial charge < -0.3 is 14.5 Å². The third-order valence-corrected chi connectivity index (χ3v) is 8.22. The quantitative estimate of drug-likeness (QED) is 0.668. The van der Waals surface area contributed by atoms with E-state index in [0.717, 1.165) is 43.2 Å². The lowest BCUT2D eigenvalue weighted by atomic mass is 9.49. The van der Waals surface area contributed by atoms with Crippen LogP contribution in [0.3, 0.4) is 0 Å². The van der Waals surface area contributed by atoms with E-state index in [1.165, 1.54) is 55.3 Å². The maximum atomic E-state index is 6.27. The van der Waals surface area contributed by atoms with Crippen LogP contribution >= 0.6 is 0 Å². The summed E-state index contributed by atoms with van der Waals surface area (Å²) in [5.74, 6) is 3.96. The second kappa shape index (κ2) is 7.03. The number of aliphatic imine (C=N–C) groups is 1. The first kappa shape index (κ1) is 18.8. The highest BCUT2D eigenvalue weighted by molar-refractivity contribution is 5.84. The van der Waals surface area contributed by atoms with Gasteiger partial charge in [0.2, 0.25) is 6.67 Å². The fourth-order valence-corrected chi connectivity index (χ4v) is 7.30. The summed E-state index contributed by atoms with van der Waals surface area (Å²) in [6.45, 7) is 9.53. The van der Waals surface area contributed by atoms with Crippen molar-refractivity contribution in [3.63, 3.8) is 0 Å². The van der Waals surface area contributed by atoms with Gasteiger partial charge in [-0.2, -0.15) is 0 Å². The van der Waals surface area contributed by atoms with Crippen molar-refractivity contribution in [3.8, 4) is 0 Å². The van der Waals surface area contributed by atoms with E-state index in [2.05, 4.69) is 60.9 Å². The third kappa shape index (κ3) is 3.14. The topological polar surface area (TPSA) is 28.1 Å². The first-order valence-corrected chi connectivity index (χ1v) is 11.9. The van der Waals surface area contributed by atoms with Gasteiger partial charge in [0.1, 0.15) is 6.61 Å². The summed E-state index contributed by atoms with van der Waals surface area (Å²) in [6, 6.07) is 6.75. The molecule has 158 valence electrons. The molecule has 6 aliphatic rings. The number of ether oxygens (including phenoxy) is 1. The second-order valence-electron chi connectivity index (χ2n) is 10.6. The van der Waals surface area contributed by atoms with Gasteiger partial charge in [-0.15, -0.1) is 0 Å². The van der Waals surface area contributed by atoms with E-state index in [4.69, 9.17) is 9.73 Å². The molecule has 0 amide bonds. The maximum absolute atomic E-state index is 6.27. The van der Waals surface area contributed by atoms with Gasteiger partial charge in [-0.3, -0.25) is 0 Å². The van der Waals surface area contributed by atoms with Crippen LogP contribution in [0.25, 0.3) is 0 Å². The van der Waals surface area contributed by atoms with Crippen LogP contribution < -0.4 is 4.90 Å². The molecule has 0 unspecified atom stereocenters. The van der Waals surface area contributed by atoms with E-state index in [1.807, 2.05) is 0 Å². The molecule has 4 saturated carbocycles. The summed E-state index contributed by atoms with van der Waals surface area (Å²) < 4.78 is 6.27. The number of hydrogen-bond acceptors (Lipinski definition) is 4. The van der Waals surface area contributed by atoms with Gasteiger partial charge in [0.25, 0.3) is 0 Å². The Morgan fingerprint density at radius 3 is 2.37 bits per heavy atom. The number of benzene rings is 1. The Morgan fingerprint density at radius 1 is 1.03 bits per heavy atom. The van der Waals surface area contributed by atoms with Crippen molar-refractivity contribution >= 4 is 11.6 Å². The minimum Gasteiger partial charge on any atom is -0.478 e. The maximum Gasteiger partial charge on any atom is 0.212 e. The SMILES string of the molecule is Cc1cccc(C)c1N1[C]N(CC[C@H]2COC(C34CC5CC(CC(C5)C3)C4)=N2)C=C1. The summed E-state index contributed by atoms with van der Waals surface area (Å²) >= 11 is 0. The molecule has 4 nitrogen and oxygen atoms in total. The molecule has 2 heterocycles. The predicted octanol–water partition coefficient (Wildman–Crippen LogP) is 5.30. The number of rotatable bonds is 5. The molecule has 0 saturated heterocycles. The number of anilines is 1. The van der Waals surface area contributed by atoms with Crippen LogP contribution in [-0.2, 0) is 4.74 Å².